The van der Waals surface area contributed by atoms with E-state index in [0.717, 1.165) is 22.2 Å². The molecular formula is C26H20ClFN2O6S. The number of carbonyl (C=O) groups excluding carboxylic acids is 2. The highest BCUT2D eigenvalue weighted by molar-refractivity contribution is 8.18. The molecule has 190 valence electrons. The molecule has 1 fully saturated rings. The second kappa shape index (κ2) is 11.4. The first kappa shape index (κ1) is 26.2. The number of hydrogen-bond donors (Lipinski definition) is 0. The normalized spacial score (nSPS) is 14.4. The lowest BCUT2D eigenvalue weighted by Crippen LogP contribution is -2.27. The predicted octanol–water partition coefficient (Wildman–Crippen LogP) is 6.60. The number of hydrogen-bond acceptors (Lipinski definition) is 7. The van der Waals surface area contributed by atoms with Gasteiger partial charge in [0.05, 0.1) is 28.0 Å². The lowest BCUT2D eigenvalue weighted by atomic mass is 10.1. The van der Waals surface area contributed by atoms with E-state index in [9.17, 15) is 24.1 Å². The predicted molar refractivity (Wildman–Crippen MR) is 138 cm³/mol. The molecule has 4 rings (SSSR count). The zero-order valence-electron chi connectivity index (χ0n) is 19.5. The maximum Gasteiger partial charge on any atom is 0.293 e. The monoisotopic (exact) mass is 542 g/mol. The molecule has 0 radical (unpaired) electrons. The van der Waals surface area contributed by atoms with Crippen LogP contribution in [0.4, 0.5) is 14.9 Å². The largest absolute Gasteiger partial charge is 0.490 e. The Morgan fingerprint density at radius 2 is 1.73 bits per heavy atom. The van der Waals surface area contributed by atoms with Crippen LogP contribution in [0.3, 0.4) is 0 Å². The van der Waals surface area contributed by atoms with Crippen LogP contribution in [-0.2, 0) is 17.9 Å². The smallest absolute Gasteiger partial charge is 0.293 e. The summed E-state index contributed by atoms with van der Waals surface area (Å²) in [5.74, 6) is -0.179. The van der Waals surface area contributed by atoms with Crippen molar-refractivity contribution in [1.82, 2.24) is 4.90 Å². The minimum atomic E-state index is -0.520. The first-order chi connectivity index (χ1) is 17.7. The molecule has 0 unspecified atom stereocenters. The molecular weight excluding hydrogens is 523 g/mol. The van der Waals surface area contributed by atoms with Crippen molar-refractivity contribution in [1.29, 1.82) is 0 Å². The number of nitrogens with zero attached hydrogens (tertiary/aromatic N) is 2. The molecule has 1 aliphatic heterocycles. The molecule has 0 bridgehead atoms. The number of thioether (sulfide) groups is 1. The third kappa shape index (κ3) is 6.28. The van der Waals surface area contributed by atoms with Crippen LogP contribution in [0.15, 0.2) is 65.6 Å². The summed E-state index contributed by atoms with van der Waals surface area (Å²) in [5.41, 5.74) is 1.78. The van der Waals surface area contributed by atoms with Gasteiger partial charge in [-0.1, -0.05) is 35.9 Å². The lowest BCUT2D eigenvalue weighted by Gasteiger charge is -2.15. The number of imide groups is 1. The Morgan fingerprint density at radius 1 is 1.05 bits per heavy atom. The van der Waals surface area contributed by atoms with Gasteiger partial charge in [-0.15, -0.1) is 0 Å². The van der Waals surface area contributed by atoms with Crippen LogP contribution in [0.5, 0.6) is 11.5 Å². The van der Waals surface area contributed by atoms with Crippen molar-refractivity contribution in [2.75, 3.05) is 6.61 Å². The van der Waals surface area contributed by atoms with Gasteiger partial charge in [0, 0.05) is 12.1 Å². The summed E-state index contributed by atoms with van der Waals surface area (Å²) >= 11 is 7.26. The summed E-state index contributed by atoms with van der Waals surface area (Å²) in [6, 6.07) is 14.8. The number of halogens is 2. The Hall–Kier alpha value is -3.89. The Kier molecular flexibility index (Phi) is 8.10. The standard InChI is InChI=1S/C26H20ClFN2O6S/c1-2-35-22-12-18(11-21(27)24(22)36-15-17-3-7-19(28)8-4-17)13-23-25(31)29(26(32)37-23)14-16-5-9-20(10-6-16)30(33)34/h3-13H,2,14-15H2,1H3/b23-13-. The van der Waals surface area contributed by atoms with Gasteiger partial charge in [0.1, 0.15) is 12.4 Å². The minimum Gasteiger partial charge on any atom is -0.490 e. The number of nitro benzene ring substituents is 1. The summed E-state index contributed by atoms with van der Waals surface area (Å²) in [6.45, 7) is 2.26. The van der Waals surface area contributed by atoms with Crippen LogP contribution in [0.2, 0.25) is 5.02 Å². The number of non-ortho nitro benzene ring substituents is 1. The highest BCUT2D eigenvalue weighted by Gasteiger charge is 2.35. The molecule has 3 aromatic carbocycles. The van der Waals surface area contributed by atoms with Crippen LogP contribution in [-0.4, -0.2) is 27.6 Å². The zero-order chi connectivity index (χ0) is 26.5. The molecule has 3 aromatic rings. The number of ether oxygens (including phenoxy) is 2. The van der Waals surface area contributed by atoms with E-state index in [1.54, 1.807) is 37.3 Å². The molecule has 0 atom stereocenters. The van der Waals surface area contributed by atoms with Gasteiger partial charge in [0.2, 0.25) is 0 Å². The molecule has 0 aliphatic carbocycles. The second-order valence-corrected chi connectivity index (χ2v) is 9.27. The molecule has 0 N–H and O–H groups in total. The fourth-order valence-electron chi connectivity index (χ4n) is 3.50. The van der Waals surface area contributed by atoms with Crippen molar-refractivity contribution in [3.63, 3.8) is 0 Å². The van der Waals surface area contributed by atoms with Crippen LogP contribution in [0.25, 0.3) is 6.08 Å². The molecule has 0 saturated carbocycles. The van der Waals surface area contributed by atoms with Crippen LogP contribution >= 0.6 is 23.4 Å². The summed E-state index contributed by atoms with van der Waals surface area (Å²) in [4.78, 5) is 37.0. The summed E-state index contributed by atoms with van der Waals surface area (Å²) in [7, 11) is 0. The molecule has 1 aliphatic rings. The van der Waals surface area contributed by atoms with Gasteiger partial charge >= 0.3 is 0 Å². The molecule has 1 saturated heterocycles. The van der Waals surface area contributed by atoms with Crippen molar-refractivity contribution in [2.45, 2.75) is 20.1 Å². The summed E-state index contributed by atoms with van der Waals surface area (Å²) in [6.07, 6.45) is 1.54. The quantitative estimate of drug-likeness (QED) is 0.170. The van der Waals surface area contributed by atoms with Gasteiger partial charge in [-0.3, -0.25) is 24.6 Å². The van der Waals surface area contributed by atoms with Crippen LogP contribution in [0.1, 0.15) is 23.6 Å². The number of nitro groups is 1. The fourth-order valence-corrected chi connectivity index (χ4v) is 4.62. The van der Waals surface area contributed by atoms with Gasteiger partial charge < -0.3 is 9.47 Å². The molecule has 2 amide bonds. The summed E-state index contributed by atoms with van der Waals surface area (Å²) in [5, 5.41) is 10.6. The van der Waals surface area contributed by atoms with Crippen molar-refractivity contribution in [3.8, 4) is 11.5 Å². The highest BCUT2D eigenvalue weighted by Crippen LogP contribution is 2.40. The number of benzene rings is 3. The number of carbonyl (C=O) groups is 2. The van der Waals surface area contributed by atoms with Crippen molar-refractivity contribution < 1.29 is 28.4 Å². The maximum absolute atomic E-state index is 13.2. The second-order valence-electron chi connectivity index (χ2n) is 7.87. The van der Waals surface area contributed by atoms with Crippen molar-refractivity contribution in [3.05, 3.63) is 103 Å². The van der Waals surface area contributed by atoms with E-state index in [1.165, 1.54) is 36.4 Å². The summed E-state index contributed by atoms with van der Waals surface area (Å²) < 4.78 is 24.7. The van der Waals surface area contributed by atoms with E-state index in [0.29, 0.717) is 29.2 Å². The lowest BCUT2D eigenvalue weighted by molar-refractivity contribution is -0.384. The van der Waals surface area contributed by atoms with E-state index >= 15 is 0 Å². The van der Waals surface area contributed by atoms with Gasteiger partial charge in [-0.05, 0) is 65.7 Å². The molecule has 0 aromatic heterocycles. The minimum absolute atomic E-state index is 0.0128. The van der Waals surface area contributed by atoms with E-state index in [-0.39, 0.29) is 34.6 Å². The SMILES string of the molecule is CCOc1cc(/C=C2\SC(=O)N(Cc3ccc([N+](=O)[O-])cc3)C2=O)cc(Cl)c1OCc1ccc(F)cc1. The Labute approximate surface area is 220 Å². The van der Waals surface area contributed by atoms with Crippen molar-refractivity contribution in [2.24, 2.45) is 0 Å². The average molecular weight is 543 g/mol. The van der Waals surface area contributed by atoms with Gasteiger partial charge in [-0.25, -0.2) is 4.39 Å². The zero-order valence-corrected chi connectivity index (χ0v) is 21.1. The molecule has 1 heterocycles. The number of rotatable bonds is 9. The Morgan fingerprint density at radius 3 is 2.38 bits per heavy atom. The van der Waals surface area contributed by atoms with Gasteiger partial charge in [0.15, 0.2) is 11.5 Å². The first-order valence-corrected chi connectivity index (χ1v) is 12.3. The Bertz CT molecular complexity index is 1380. The molecule has 8 nitrogen and oxygen atoms in total. The molecule has 0 spiro atoms. The van der Waals surface area contributed by atoms with E-state index < -0.39 is 16.1 Å². The highest BCUT2D eigenvalue weighted by atomic mass is 35.5. The number of amides is 2. The van der Waals surface area contributed by atoms with Crippen LogP contribution < -0.4 is 9.47 Å². The molecule has 11 heteroatoms. The topological polar surface area (TPSA) is 99.0 Å². The first-order valence-electron chi connectivity index (χ1n) is 11.1. The average Bonchev–Trinajstić information content (AvgIpc) is 3.12. The van der Waals surface area contributed by atoms with Gasteiger partial charge in [0.25, 0.3) is 16.8 Å². The maximum atomic E-state index is 13.2. The van der Waals surface area contributed by atoms with E-state index in [1.807, 2.05) is 0 Å². The van der Waals surface area contributed by atoms with Crippen LogP contribution in [0, 0.1) is 15.9 Å². The third-order valence-corrected chi connectivity index (χ3v) is 6.48. The third-order valence-electron chi connectivity index (χ3n) is 5.29. The fraction of sp³-hybridized carbons (Fsp3) is 0.154. The van der Waals surface area contributed by atoms with E-state index in [2.05, 4.69) is 0 Å². The van der Waals surface area contributed by atoms with Gasteiger partial charge in [-0.2, -0.15) is 0 Å². The van der Waals surface area contributed by atoms with E-state index in [4.69, 9.17) is 21.1 Å². The van der Waals surface area contributed by atoms with Crippen molar-refractivity contribution >= 4 is 46.3 Å². The Balaban J connectivity index is 1.52. The molecule has 37 heavy (non-hydrogen) atoms.